The molecule has 0 aromatic heterocycles. The highest BCUT2D eigenvalue weighted by Gasteiger charge is 2.30. The highest BCUT2D eigenvalue weighted by Crippen LogP contribution is 2.26. The molecular formula is C29H34FN3O5S. The maximum Gasteiger partial charge on any atom is 0.244 e. The molecule has 0 spiro atoms. The van der Waals surface area contributed by atoms with Crippen LogP contribution in [0.3, 0.4) is 0 Å². The van der Waals surface area contributed by atoms with Crippen molar-refractivity contribution in [3.8, 4) is 11.5 Å². The second-order valence-electron chi connectivity index (χ2n) is 9.15. The summed E-state index contributed by atoms with van der Waals surface area (Å²) >= 11 is 0. The Balaban J connectivity index is 1.83. The zero-order valence-electron chi connectivity index (χ0n) is 22.3. The van der Waals surface area contributed by atoms with E-state index in [1.165, 1.54) is 29.2 Å². The number of halogens is 1. The number of carbonyl (C=O) groups excluding carboxylic acids is 2. The molecule has 2 amide bonds. The number of sulfonamides is 1. The summed E-state index contributed by atoms with van der Waals surface area (Å²) in [5, 5.41) is 2.82. The van der Waals surface area contributed by atoms with Crippen LogP contribution >= 0.6 is 0 Å². The Morgan fingerprint density at radius 3 is 2.15 bits per heavy atom. The SMILES string of the molecule is CCCCNC(=O)[C@H](C)N(Cc1ccc(F)cc1)C(=O)CN(c1ccc(Oc2ccccc2)cc1)S(C)(=O)=O. The Hall–Kier alpha value is -3.92. The summed E-state index contributed by atoms with van der Waals surface area (Å²) in [6, 6.07) is 20.2. The van der Waals surface area contributed by atoms with Crippen LogP contribution in [0.2, 0.25) is 0 Å². The molecule has 3 aromatic carbocycles. The Morgan fingerprint density at radius 2 is 1.56 bits per heavy atom. The third-order valence-corrected chi connectivity index (χ3v) is 7.19. The number of anilines is 1. The highest BCUT2D eigenvalue weighted by molar-refractivity contribution is 7.92. The fraction of sp³-hybridized carbons (Fsp3) is 0.310. The number of para-hydroxylation sites is 1. The predicted molar refractivity (Wildman–Crippen MR) is 149 cm³/mol. The maximum atomic E-state index is 13.6. The fourth-order valence-electron chi connectivity index (χ4n) is 3.82. The van der Waals surface area contributed by atoms with E-state index < -0.39 is 34.3 Å². The number of unbranched alkanes of at least 4 members (excludes halogenated alkanes) is 1. The first-order valence-electron chi connectivity index (χ1n) is 12.7. The summed E-state index contributed by atoms with van der Waals surface area (Å²) < 4.78 is 45.7. The van der Waals surface area contributed by atoms with Gasteiger partial charge in [-0.25, -0.2) is 12.8 Å². The zero-order chi connectivity index (χ0) is 28.4. The minimum Gasteiger partial charge on any atom is -0.457 e. The van der Waals surface area contributed by atoms with Crippen molar-refractivity contribution in [2.75, 3.05) is 23.7 Å². The van der Waals surface area contributed by atoms with Crippen molar-refractivity contribution < 1.29 is 27.1 Å². The van der Waals surface area contributed by atoms with Crippen LogP contribution in [0.1, 0.15) is 32.3 Å². The zero-order valence-corrected chi connectivity index (χ0v) is 23.2. The molecule has 0 radical (unpaired) electrons. The quantitative estimate of drug-likeness (QED) is 0.308. The average Bonchev–Trinajstić information content (AvgIpc) is 2.91. The van der Waals surface area contributed by atoms with E-state index in [9.17, 15) is 22.4 Å². The molecule has 0 aliphatic heterocycles. The first kappa shape index (κ1) is 29.6. The smallest absolute Gasteiger partial charge is 0.244 e. The van der Waals surface area contributed by atoms with Gasteiger partial charge in [-0.1, -0.05) is 43.7 Å². The largest absolute Gasteiger partial charge is 0.457 e. The minimum absolute atomic E-state index is 0.00291. The number of rotatable bonds is 13. The molecule has 0 saturated carbocycles. The summed E-state index contributed by atoms with van der Waals surface area (Å²) in [5.41, 5.74) is 0.874. The van der Waals surface area contributed by atoms with Gasteiger partial charge >= 0.3 is 0 Å². The van der Waals surface area contributed by atoms with Gasteiger partial charge in [-0.15, -0.1) is 0 Å². The molecule has 0 heterocycles. The summed E-state index contributed by atoms with van der Waals surface area (Å²) in [5.74, 6) is -0.229. The fourth-order valence-corrected chi connectivity index (χ4v) is 4.67. The summed E-state index contributed by atoms with van der Waals surface area (Å²) in [4.78, 5) is 27.7. The number of hydrogen-bond donors (Lipinski definition) is 1. The van der Waals surface area contributed by atoms with Gasteiger partial charge in [0.2, 0.25) is 21.8 Å². The summed E-state index contributed by atoms with van der Waals surface area (Å²) in [7, 11) is -3.87. The van der Waals surface area contributed by atoms with Crippen LogP contribution in [0.4, 0.5) is 10.1 Å². The lowest BCUT2D eigenvalue weighted by molar-refractivity contribution is -0.139. The van der Waals surface area contributed by atoms with Crippen LogP contribution in [0.15, 0.2) is 78.9 Å². The molecule has 0 aliphatic rings. The minimum atomic E-state index is -3.87. The van der Waals surface area contributed by atoms with Crippen LogP contribution in [-0.4, -0.2) is 50.5 Å². The van der Waals surface area contributed by atoms with Gasteiger partial charge in [0.25, 0.3) is 0 Å². The van der Waals surface area contributed by atoms with E-state index in [-0.39, 0.29) is 18.1 Å². The molecule has 0 saturated heterocycles. The Bertz CT molecular complexity index is 1330. The van der Waals surface area contributed by atoms with Gasteiger partial charge < -0.3 is 15.0 Å². The van der Waals surface area contributed by atoms with E-state index in [0.29, 0.717) is 23.6 Å². The average molecular weight is 556 g/mol. The van der Waals surface area contributed by atoms with Gasteiger partial charge in [0.1, 0.15) is 29.9 Å². The van der Waals surface area contributed by atoms with Crippen molar-refractivity contribution in [1.29, 1.82) is 0 Å². The van der Waals surface area contributed by atoms with E-state index in [4.69, 9.17) is 4.74 Å². The van der Waals surface area contributed by atoms with Crippen molar-refractivity contribution in [3.05, 3.63) is 90.2 Å². The number of hydrogen-bond acceptors (Lipinski definition) is 5. The molecule has 1 atom stereocenters. The standard InChI is InChI=1S/C29H34FN3O5S/c1-4-5-19-31-29(35)22(2)32(20-23-11-13-24(30)14-12-23)28(34)21-33(39(3,36)37)25-15-17-27(18-16-25)38-26-9-7-6-8-10-26/h6-18,22H,4-5,19-21H2,1-3H3,(H,31,35)/t22-/m0/s1. The number of ether oxygens (including phenoxy) is 1. The molecule has 208 valence electrons. The van der Waals surface area contributed by atoms with Crippen molar-refractivity contribution >= 4 is 27.5 Å². The van der Waals surface area contributed by atoms with Gasteiger partial charge in [-0.3, -0.25) is 13.9 Å². The Morgan fingerprint density at radius 1 is 0.949 bits per heavy atom. The van der Waals surface area contributed by atoms with Crippen molar-refractivity contribution in [2.45, 2.75) is 39.3 Å². The van der Waals surface area contributed by atoms with Gasteiger partial charge in [0.15, 0.2) is 0 Å². The Labute approximate surface area is 229 Å². The molecule has 1 N–H and O–H groups in total. The molecule has 0 bridgehead atoms. The molecule has 10 heteroatoms. The third kappa shape index (κ3) is 8.81. The van der Waals surface area contributed by atoms with Crippen molar-refractivity contribution in [1.82, 2.24) is 10.2 Å². The predicted octanol–water partition coefficient (Wildman–Crippen LogP) is 4.72. The van der Waals surface area contributed by atoms with Crippen LogP contribution in [0, 0.1) is 5.82 Å². The Kier molecular flexibility index (Phi) is 10.4. The molecule has 39 heavy (non-hydrogen) atoms. The van der Waals surface area contributed by atoms with Crippen LogP contribution in [-0.2, 0) is 26.2 Å². The first-order valence-corrected chi connectivity index (χ1v) is 14.6. The van der Waals surface area contributed by atoms with Gasteiger partial charge in [0.05, 0.1) is 11.9 Å². The van der Waals surface area contributed by atoms with Gasteiger partial charge in [-0.2, -0.15) is 0 Å². The number of nitrogens with one attached hydrogen (secondary N) is 1. The molecule has 0 aliphatic carbocycles. The molecule has 0 fully saturated rings. The number of carbonyl (C=O) groups is 2. The van der Waals surface area contributed by atoms with E-state index in [1.54, 1.807) is 43.3 Å². The van der Waals surface area contributed by atoms with E-state index in [1.807, 2.05) is 25.1 Å². The lowest BCUT2D eigenvalue weighted by atomic mass is 10.1. The third-order valence-electron chi connectivity index (χ3n) is 6.05. The number of nitrogens with zero attached hydrogens (tertiary/aromatic N) is 2. The molecular weight excluding hydrogens is 521 g/mol. The molecule has 3 aromatic rings. The van der Waals surface area contributed by atoms with Crippen molar-refractivity contribution in [2.24, 2.45) is 0 Å². The van der Waals surface area contributed by atoms with E-state index in [0.717, 1.165) is 23.4 Å². The molecule has 3 rings (SSSR count). The lowest BCUT2D eigenvalue weighted by Gasteiger charge is -2.31. The maximum absolute atomic E-state index is 13.6. The van der Waals surface area contributed by atoms with Crippen molar-refractivity contribution in [3.63, 3.8) is 0 Å². The second kappa shape index (κ2) is 13.7. The molecule has 8 nitrogen and oxygen atoms in total. The van der Waals surface area contributed by atoms with Gasteiger partial charge in [0, 0.05) is 13.1 Å². The lowest BCUT2D eigenvalue weighted by Crippen LogP contribution is -2.51. The van der Waals surface area contributed by atoms with Crippen LogP contribution < -0.4 is 14.4 Å². The van der Waals surface area contributed by atoms with E-state index >= 15 is 0 Å². The second-order valence-corrected chi connectivity index (χ2v) is 11.1. The van der Waals surface area contributed by atoms with Crippen LogP contribution in [0.5, 0.6) is 11.5 Å². The van der Waals surface area contributed by atoms with Gasteiger partial charge in [-0.05, 0) is 67.4 Å². The van der Waals surface area contributed by atoms with Crippen LogP contribution in [0.25, 0.3) is 0 Å². The number of benzene rings is 3. The topological polar surface area (TPSA) is 96.0 Å². The molecule has 0 unspecified atom stereocenters. The summed E-state index contributed by atoms with van der Waals surface area (Å²) in [6.07, 6.45) is 2.70. The van der Waals surface area contributed by atoms with E-state index in [2.05, 4.69) is 5.32 Å². The monoisotopic (exact) mass is 555 g/mol. The number of amides is 2. The highest BCUT2D eigenvalue weighted by atomic mass is 32.2. The normalized spacial score (nSPS) is 11.9. The first-order chi connectivity index (χ1) is 18.6. The summed E-state index contributed by atoms with van der Waals surface area (Å²) in [6.45, 7) is 3.53.